The van der Waals surface area contributed by atoms with Crippen LogP contribution in [0.4, 0.5) is 5.82 Å². The van der Waals surface area contributed by atoms with Gasteiger partial charge in [0.15, 0.2) is 0 Å². The second-order valence-corrected chi connectivity index (χ2v) is 8.73. The fraction of sp³-hybridized carbons (Fsp3) is 0.650. The van der Waals surface area contributed by atoms with Crippen molar-refractivity contribution in [2.75, 3.05) is 44.8 Å². The molecule has 1 saturated carbocycles. The zero-order valence-electron chi connectivity index (χ0n) is 18.5. The Hall–Kier alpha value is -2.21. The first-order chi connectivity index (χ1) is 15.8. The van der Waals surface area contributed by atoms with Gasteiger partial charge in [0.2, 0.25) is 5.28 Å². The average Bonchev–Trinajstić information content (AvgIpc) is 3.24. The molecular weight excluding hydrogens is 473 g/mol. The smallest absolute Gasteiger partial charge is 0.348 e. The predicted molar refractivity (Wildman–Crippen MR) is 125 cm³/mol. The van der Waals surface area contributed by atoms with Gasteiger partial charge in [-0.25, -0.2) is 4.98 Å². The van der Waals surface area contributed by atoms with E-state index < -0.39 is 10.8 Å². The number of anilines is 1. The molecule has 2 aliphatic rings. The van der Waals surface area contributed by atoms with Crippen LogP contribution in [0.2, 0.25) is 10.3 Å². The zero-order chi connectivity index (χ0) is 23.8. The van der Waals surface area contributed by atoms with Gasteiger partial charge < -0.3 is 20.1 Å². The lowest BCUT2D eigenvalue weighted by Gasteiger charge is -2.32. The summed E-state index contributed by atoms with van der Waals surface area (Å²) >= 11 is 11.7. The summed E-state index contributed by atoms with van der Waals surface area (Å²) in [6.45, 7) is 5.54. The standard InChI is InChI=1S/C20H29Cl2N7O4/c1-13(26-14-3-4-15(11-14)28-6-9-32-10-7-28)17(29(30)31)18(23)33-8-2-5-24-19-16(21)12-25-20(22)27-19/h12,14-15,23,26H,2-11H2,1H3,(H,24,25,27)/b17-13+,23-18?. The van der Waals surface area contributed by atoms with Crippen molar-refractivity contribution in [2.45, 2.75) is 44.7 Å². The molecule has 1 aliphatic carbocycles. The third-order valence-electron chi connectivity index (χ3n) is 5.72. The summed E-state index contributed by atoms with van der Waals surface area (Å²) < 4.78 is 10.8. The quantitative estimate of drug-likeness (QED) is 0.110. The van der Waals surface area contributed by atoms with E-state index in [9.17, 15) is 10.1 Å². The third kappa shape index (κ3) is 7.39. The number of hydrogen-bond acceptors (Lipinski definition) is 10. The molecule has 0 radical (unpaired) electrons. The average molecular weight is 502 g/mol. The van der Waals surface area contributed by atoms with Crippen molar-refractivity contribution in [1.29, 1.82) is 5.41 Å². The molecule has 1 aromatic heterocycles. The van der Waals surface area contributed by atoms with Crippen molar-refractivity contribution in [3.05, 3.63) is 38.0 Å². The van der Waals surface area contributed by atoms with Crippen LogP contribution in [0.5, 0.6) is 0 Å². The third-order valence-corrected chi connectivity index (χ3v) is 6.17. The summed E-state index contributed by atoms with van der Waals surface area (Å²) in [5, 5.41) is 26.3. The highest BCUT2D eigenvalue weighted by Crippen LogP contribution is 2.26. The highest BCUT2D eigenvalue weighted by atomic mass is 35.5. The van der Waals surface area contributed by atoms with Crippen LogP contribution in [0.3, 0.4) is 0 Å². The van der Waals surface area contributed by atoms with Crippen LogP contribution in [-0.4, -0.2) is 77.2 Å². The van der Waals surface area contributed by atoms with E-state index in [1.165, 1.54) is 6.20 Å². The van der Waals surface area contributed by atoms with Gasteiger partial charge in [0, 0.05) is 31.7 Å². The highest BCUT2D eigenvalue weighted by molar-refractivity contribution is 6.33. The van der Waals surface area contributed by atoms with Crippen molar-refractivity contribution in [3.8, 4) is 0 Å². The van der Waals surface area contributed by atoms with E-state index in [0.29, 0.717) is 35.5 Å². The minimum Gasteiger partial charge on any atom is -0.473 e. The molecule has 0 bridgehead atoms. The zero-order valence-corrected chi connectivity index (χ0v) is 20.0. The van der Waals surface area contributed by atoms with Gasteiger partial charge in [-0.2, -0.15) is 4.98 Å². The number of nitro groups is 1. The molecule has 1 aromatic rings. The molecular formula is C20H29Cl2N7O4. The van der Waals surface area contributed by atoms with Crippen LogP contribution in [0.25, 0.3) is 0 Å². The van der Waals surface area contributed by atoms with Gasteiger partial charge in [-0.15, -0.1) is 0 Å². The Labute approximate surface area is 202 Å². The minimum atomic E-state index is -0.569. The number of hydrogen-bond donors (Lipinski definition) is 3. The van der Waals surface area contributed by atoms with Gasteiger partial charge in [-0.05, 0) is 44.2 Å². The van der Waals surface area contributed by atoms with Crippen molar-refractivity contribution in [1.82, 2.24) is 20.2 Å². The first-order valence-corrected chi connectivity index (χ1v) is 11.7. The fourth-order valence-electron chi connectivity index (χ4n) is 4.12. The summed E-state index contributed by atoms with van der Waals surface area (Å²) in [4.78, 5) is 21.2. The Morgan fingerprint density at radius 1 is 1.39 bits per heavy atom. The predicted octanol–water partition coefficient (Wildman–Crippen LogP) is 2.93. The monoisotopic (exact) mass is 501 g/mol. The van der Waals surface area contributed by atoms with E-state index in [-0.39, 0.29) is 23.6 Å². The maximum Gasteiger partial charge on any atom is 0.348 e. The number of aromatic nitrogens is 2. The molecule has 1 aliphatic heterocycles. The van der Waals surface area contributed by atoms with Crippen LogP contribution in [0.15, 0.2) is 17.6 Å². The number of morpholine rings is 1. The Kier molecular flexibility index (Phi) is 9.48. The van der Waals surface area contributed by atoms with E-state index in [4.69, 9.17) is 38.1 Å². The first-order valence-electron chi connectivity index (χ1n) is 10.9. The number of allylic oxidation sites excluding steroid dienone is 1. The van der Waals surface area contributed by atoms with Gasteiger partial charge in [0.1, 0.15) is 10.8 Å². The van der Waals surface area contributed by atoms with Gasteiger partial charge in [-0.3, -0.25) is 20.4 Å². The number of nitrogens with zero attached hydrogens (tertiary/aromatic N) is 4. The minimum absolute atomic E-state index is 0.0715. The van der Waals surface area contributed by atoms with Crippen LogP contribution in [0, 0.1) is 15.5 Å². The van der Waals surface area contributed by atoms with Gasteiger partial charge >= 0.3 is 5.70 Å². The van der Waals surface area contributed by atoms with Crippen molar-refractivity contribution in [2.24, 2.45) is 0 Å². The molecule has 11 nitrogen and oxygen atoms in total. The summed E-state index contributed by atoms with van der Waals surface area (Å²) in [6.07, 6.45) is 4.75. The van der Waals surface area contributed by atoms with Gasteiger partial charge in [0.05, 0.1) is 36.6 Å². The molecule has 2 atom stereocenters. The fourth-order valence-corrected chi connectivity index (χ4v) is 4.41. The maximum atomic E-state index is 11.6. The van der Waals surface area contributed by atoms with Crippen LogP contribution >= 0.6 is 23.2 Å². The normalized spacial score (nSPS) is 21.9. The van der Waals surface area contributed by atoms with Gasteiger partial charge in [-0.1, -0.05) is 11.6 Å². The number of halogens is 2. The van der Waals surface area contributed by atoms with Gasteiger partial charge in [0.25, 0.3) is 5.90 Å². The lowest BCUT2D eigenvalue weighted by atomic mass is 10.2. The van der Waals surface area contributed by atoms with E-state index in [1.54, 1.807) is 6.92 Å². The summed E-state index contributed by atoms with van der Waals surface area (Å²) in [5.41, 5.74) is 0.00145. The summed E-state index contributed by atoms with van der Waals surface area (Å²) in [7, 11) is 0. The van der Waals surface area contributed by atoms with Crippen molar-refractivity contribution in [3.63, 3.8) is 0 Å². The van der Waals surface area contributed by atoms with Crippen LogP contribution < -0.4 is 10.6 Å². The number of nitrogens with one attached hydrogen (secondary N) is 3. The SMILES string of the molecule is C/C(NC1CCC(N2CCOCC2)C1)=C(/C(=N)OCCCNc1nc(Cl)ncc1Cl)[N+](=O)[O-]. The second kappa shape index (κ2) is 12.3. The Bertz CT molecular complexity index is 880. The number of rotatable bonds is 10. The van der Waals surface area contributed by atoms with E-state index in [2.05, 4.69) is 25.5 Å². The molecule has 13 heteroatoms. The molecule has 33 heavy (non-hydrogen) atoms. The van der Waals surface area contributed by atoms with Crippen molar-refractivity contribution >= 4 is 34.9 Å². The maximum absolute atomic E-state index is 11.6. The molecule has 0 aromatic carbocycles. The largest absolute Gasteiger partial charge is 0.473 e. The summed E-state index contributed by atoms with van der Waals surface area (Å²) in [5.74, 6) is -0.0690. The van der Waals surface area contributed by atoms with E-state index in [0.717, 1.165) is 45.6 Å². The molecule has 2 unspecified atom stereocenters. The Morgan fingerprint density at radius 2 is 2.15 bits per heavy atom. The molecule has 182 valence electrons. The molecule has 2 heterocycles. The van der Waals surface area contributed by atoms with Crippen LogP contribution in [0.1, 0.15) is 32.6 Å². The topological polar surface area (TPSA) is 139 Å². The van der Waals surface area contributed by atoms with Crippen LogP contribution in [-0.2, 0) is 9.47 Å². The molecule has 1 saturated heterocycles. The molecule has 0 spiro atoms. The Balaban J connectivity index is 1.46. The Morgan fingerprint density at radius 3 is 2.88 bits per heavy atom. The second-order valence-electron chi connectivity index (χ2n) is 7.98. The molecule has 3 N–H and O–H groups in total. The molecule has 2 fully saturated rings. The summed E-state index contributed by atoms with van der Waals surface area (Å²) in [6, 6.07) is 0.592. The lowest BCUT2D eigenvalue weighted by Crippen LogP contribution is -2.43. The first kappa shape index (κ1) is 25.4. The highest BCUT2D eigenvalue weighted by Gasteiger charge is 2.32. The lowest BCUT2D eigenvalue weighted by molar-refractivity contribution is -0.418. The number of ether oxygens (including phenoxy) is 2. The van der Waals surface area contributed by atoms with E-state index >= 15 is 0 Å². The van der Waals surface area contributed by atoms with Crippen molar-refractivity contribution < 1.29 is 14.4 Å². The van der Waals surface area contributed by atoms with E-state index in [1.807, 2.05) is 0 Å². The molecule has 3 rings (SSSR count). The molecule has 0 amide bonds.